The largest absolute Gasteiger partial charge is 0.494 e. The van der Waals surface area contributed by atoms with Crippen molar-refractivity contribution >= 4 is 11.3 Å². The maximum atomic E-state index is 13.3. The van der Waals surface area contributed by atoms with E-state index >= 15 is 0 Å². The zero-order valence-electron chi connectivity index (χ0n) is 17.6. The third-order valence-corrected chi connectivity index (χ3v) is 5.08. The van der Waals surface area contributed by atoms with Crippen molar-refractivity contribution in [2.24, 2.45) is 0 Å². The summed E-state index contributed by atoms with van der Waals surface area (Å²) in [4.78, 5) is 13.3. The van der Waals surface area contributed by atoms with Crippen LogP contribution >= 0.6 is 0 Å². The number of pyridine rings is 1. The highest BCUT2D eigenvalue weighted by atomic mass is 16.5. The summed E-state index contributed by atoms with van der Waals surface area (Å²) in [6.07, 6.45) is 7.20. The van der Waals surface area contributed by atoms with Gasteiger partial charge in [-0.2, -0.15) is 0 Å². The Balaban J connectivity index is 1.70. The van der Waals surface area contributed by atoms with Crippen LogP contribution in [0.5, 0.6) is 5.75 Å². The number of aromatic nitrogens is 1. The Labute approximate surface area is 173 Å². The smallest absolute Gasteiger partial charge is 0.210 e. The molecule has 0 amide bonds. The van der Waals surface area contributed by atoms with Gasteiger partial charge in [-0.05, 0) is 86.8 Å². The van der Waals surface area contributed by atoms with E-state index in [1.165, 1.54) is 0 Å². The van der Waals surface area contributed by atoms with E-state index in [0.717, 1.165) is 67.7 Å². The van der Waals surface area contributed by atoms with E-state index in [1.807, 2.05) is 47.0 Å². The van der Waals surface area contributed by atoms with Crippen LogP contribution in [0, 0.1) is 0 Å². The molecular weight excluding hydrogens is 360 g/mol. The average Bonchev–Trinajstić information content (AvgIpc) is 3.13. The first kappa shape index (κ1) is 21.1. The van der Waals surface area contributed by atoms with E-state index in [0.29, 0.717) is 12.2 Å². The molecule has 0 aliphatic heterocycles. The normalized spacial score (nSPS) is 11.1. The van der Waals surface area contributed by atoms with Gasteiger partial charge in [0.15, 0.2) is 0 Å². The van der Waals surface area contributed by atoms with Crippen molar-refractivity contribution in [2.45, 2.75) is 46.0 Å². The Hall–Kier alpha value is -2.59. The lowest BCUT2D eigenvalue weighted by Gasteiger charge is -2.09. The van der Waals surface area contributed by atoms with Gasteiger partial charge in [-0.15, -0.1) is 0 Å². The number of carbonyl (C=O) groups excluding carboxylic acids is 1. The Morgan fingerprint density at radius 1 is 1.00 bits per heavy atom. The van der Waals surface area contributed by atoms with Crippen molar-refractivity contribution in [1.29, 1.82) is 0 Å². The number of carbonyl (C=O) groups is 1. The second kappa shape index (κ2) is 10.8. The lowest BCUT2D eigenvalue weighted by atomic mass is 10.0. The van der Waals surface area contributed by atoms with Crippen molar-refractivity contribution in [2.75, 3.05) is 19.7 Å². The molecule has 3 rings (SSSR count). The molecule has 0 spiro atoms. The van der Waals surface area contributed by atoms with Gasteiger partial charge in [0, 0.05) is 17.3 Å². The van der Waals surface area contributed by atoms with Crippen molar-refractivity contribution < 1.29 is 9.53 Å². The van der Waals surface area contributed by atoms with Crippen LogP contribution in [0.2, 0.25) is 0 Å². The molecule has 0 bridgehead atoms. The number of benzene rings is 1. The fraction of sp³-hybridized carbons (Fsp3) is 0.400. The average molecular weight is 393 g/mol. The molecule has 0 aliphatic carbocycles. The number of ketones is 1. The van der Waals surface area contributed by atoms with Gasteiger partial charge in [0.05, 0.1) is 12.3 Å². The van der Waals surface area contributed by atoms with Gasteiger partial charge in [-0.1, -0.05) is 26.3 Å². The second-order valence-corrected chi connectivity index (χ2v) is 7.42. The number of hydrogen-bond donors (Lipinski definition) is 1. The van der Waals surface area contributed by atoms with E-state index in [1.54, 1.807) is 0 Å². The van der Waals surface area contributed by atoms with Crippen molar-refractivity contribution in [3.8, 4) is 5.75 Å². The third-order valence-electron chi connectivity index (χ3n) is 5.08. The zero-order valence-corrected chi connectivity index (χ0v) is 17.6. The first-order valence-electron chi connectivity index (χ1n) is 10.8. The van der Waals surface area contributed by atoms with Crippen LogP contribution in [0.1, 0.15) is 61.1 Å². The van der Waals surface area contributed by atoms with Crippen LogP contribution in [0.3, 0.4) is 0 Å². The van der Waals surface area contributed by atoms with E-state index in [9.17, 15) is 4.79 Å². The molecule has 4 heteroatoms. The van der Waals surface area contributed by atoms with Gasteiger partial charge in [0.25, 0.3) is 0 Å². The van der Waals surface area contributed by atoms with Gasteiger partial charge in [0.2, 0.25) is 5.78 Å². The van der Waals surface area contributed by atoms with Crippen LogP contribution in [-0.2, 0) is 6.42 Å². The first-order chi connectivity index (χ1) is 14.2. The Kier molecular flexibility index (Phi) is 7.88. The number of unbranched alkanes of at least 4 members (excludes halogenated alkanes) is 1. The number of hydrogen-bond acceptors (Lipinski definition) is 3. The standard InChI is InChI=1S/C25H32N2O2/c1-3-5-9-21-19-22-10-6-7-17-27(22)24(21)25(28)20-11-13-23(14-12-20)29-18-8-16-26-15-4-2/h6-7,10-14,17,19,26H,3-5,8-9,15-16,18H2,1-2H3. The summed E-state index contributed by atoms with van der Waals surface area (Å²) in [5, 5.41) is 3.37. The molecule has 0 atom stereocenters. The van der Waals surface area contributed by atoms with Gasteiger partial charge < -0.3 is 14.5 Å². The van der Waals surface area contributed by atoms with Crippen LogP contribution in [0.25, 0.3) is 5.52 Å². The van der Waals surface area contributed by atoms with Crippen molar-refractivity contribution in [3.05, 3.63) is 71.5 Å². The predicted octanol–water partition coefficient (Wildman–Crippen LogP) is 5.28. The van der Waals surface area contributed by atoms with E-state index in [-0.39, 0.29) is 5.78 Å². The van der Waals surface area contributed by atoms with Crippen LogP contribution in [0.4, 0.5) is 0 Å². The fourth-order valence-corrected chi connectivity index (χ4v) is 3.52. The van der Waals surface area contributed by atoms with E-state index < -0.39 is 0 Å². The van der Waals surface area contributed by atoms with E-state index in [2.05, 4.69) is 31.3 Å². The van der Waals surface area contributed by atoms with Crippen LogP contribution in [0.15, 0.2) is 54.7 Å². The molecule has 0 unspecified atom stereocenters. The third kappa shape index (κ3) is 5.48. The molecule has 4 nitrogen and oxygen atoms in total. The molecule has 29 heavy (non-hydrogen) atoms. The summed E-state index contributed by atoms with van der Waals surface area (Å²) >= 11 is 0. The maximum Gasteiger partial charge on any atom is 0.210 e. The van der Waals surface area contributed by atoms with Gasteiger partial charge >= 0.3 is 0 Å². The fourth-order valence-electron chi connectivity index (χ4n) is 3.52. The summed E-state index contributed by atoms with van der Waals surface area (Å²) in [5.74, 6) is 0.876. The minimum atomic E-state index is 0.0672. The Morgan fingerprint density at radius 3 is 2.59 bits per heavy atom. The van der Waals surface area contributed by atoms with Crippen LogP contribution in [-0.4, -0.2) is 29.9 Å². The van der Waals surface area contributed by atoms with Gasteiger partial charge in [-0.3, -0.25) is 4.79 Å². The molecule has 0 fully saturated rings. The van der Waals surface area contributed by atoms with Crippen molar-refractivity contribution in [1.82, 2.24) is 9.72 Å². The molecule has 2 heterocycles. The predicted molar refractivity (Wildman–Crippen MR) is 119 cm³/mol. The summed E-state index contributed by atoms with van der Waals surface area (Å²) < 4.78 is 7.82. The van der Waals surface area contributed by atoms with Gasteiger partial charge in [0.1, 0.15) is 5.75 Å². The number of fused-ring (bicyclic) bond motifs is 1. The van der Waals surface area contributed by atoms with Crippen molar-refractivity contribution in [3.63, 3.8) is 0 Å². The monoisotopic (exact) mass is 392 g/mol. The maximum absolute atomic E-state index is 13.3. The minimum absolute atomic E-state index is 0.0672. The number of aryl methyl sites for hydroxylation is 1. The Morgan fingerprint density at radius 2 is 1.83 bits per heavy atom. The molecule has 154 valence electrons. The summed E-state index contributed by atoms with van der Waals surface area (Å²) in [6, 6.07) is 15.7. The molecule has 0 radical (unpaired) electrons. The highest BCUT2D eigenvalue weighted by Gasteiger charge is 2.18. The minimum Gasteiger partial charge on any atom is -0.494 e. The number of ether oxygens (including phenoxy) is 1. The Bertz CT molecular complexity index is 912. The number of rotatable bonds is 12. The molecule has 1 aromatic carbocycles. The summed E-state index contributed by atoms with van der Waals surface area (Å²) in [5.41, 5.74) is 3.68. The zero-order chi connectivity index (χ0) is 20.5. The molecule has 0 saturated carbocycles. The SMILES string of the molecule is CCCCc1cc2ccccn2c1C(=O)c1ccc(OCCCNCCC)cc1. The molecule has 1 N–H and O–H groups in total. The quantitative estimate of drug-likeness (QED) is 0.337. The highest BCUT2D eigenvalue weighted by molar-refractivity contribution is 6.09. The number of nitrogens with one attached hydrogen (secondary N) is 1. The molecule has 2 aromatic heterocycles. The second-order valence-electron chi connectivity index (χ2n) is 7.42. The molecular formula is C25H32N2O2. The topological polar surface area (TPSA) is 42.7 Å². The molecule has 3 aromatic rings. The first-order valence-corrected chi connectivity index (χ1v) is 10.8. The summed E-state index contributed by atoms with van der Waals surface area (Å²) in [6.45, 7) is 7.03. The molecule has 0 aliphatic rings. The lowest BCUT2D eigenvalue weighted by Crippen LogP contribution is -2.18. The van der Waals surface area contributed by atoms with Gasteiger partial charge in [-0.25, -0.2) is 0 Å². The highest BCUT2D eigenvalue weighted by Crippen LogP contribution is 2.23. The number of nitrogens with zero attached hydrogens (tertiary/aromatic N) is 1. The molecule has 0 saturated heterocycles. The van der Waals surface area contributed by atoms with E-state index in [4.69, 9.17) is 4.74 Å². The lowest BCUT2D eigenvalue weighted by molar-refractivity contribution is 0.103. The van der Waals surface area contributed by atoms with Crippen LogP contribution < -0.4 is 10.1 Å². The summed E-state index contributed by atoms with van der Waals surface area (Å²) in [7, 11) is 0.